The summed E-state index contributed by atoms with van der Waals surface area (Å²) >= 11 is 0. The molecule has 122 valence electrons. The monoisotopic (exact) mass is 299 g/mol. The molecule has 0 aliphatic carbocycles. The van der Waals surface area contributed by atoms with Crippen LogP contribution in [0.3, 0.4) is 0 Å². The Labute approximate surface area is 127 Å². The first kappa shape index (κ1) is 19.6. The minimum Gasteiger partial charge on any atom is -0.463 e. The normalized spacial score (nSPS) is 13.2. The predicted octanol–water partition coefficient (Wildman–Crippen LogP) is 2.47. The van der Waals surface area contributed by atoms with Gasteiger partial charge < -0.3 is 10.1 Å². The van der Waals surface area contributed by atoms with Crippen LogP contribution < -0.4 is 5.32 Å². The van der Waals surface area contributed by atoms with Gasteiger partial charge in [0.25, 0.3) is 0 Å². The quantitative estimate of drug-likeness (QED) is 0.699. The summed E-state index contributed by atoms with van der Waals surface area (Å²) in [6, 6.07) is -0.476. The maximum absolute atomic E-state index is 12.1. The lowest BCUT2D eigenvalue weighted by Gasteiger charge is -2.26. The number of ketones is 1. The highest BCUT2D eigenvalue weighted by Gasteiger charge is 2.29. The number of nitrogens with one attached hydrogen (secondary N) is 1. The van der Waals surface area contributed by atoms with Gasteiger partial charge in [0.15, 0.2) is 5.78 Å². The summed E-state index contributed by atoms with van der Waals surface area (Å²) in [6.45, 7) is 12.5. The lowest BCUT2D eigenvalue weighted by molar-refractivity contribution is -0.150. The van der Waals surface area contributed by atoms with Gasteiger partial charge in [0.2, 0.25) is 5.91 Å². The average molecular weight is 299 g/mol. The van der Waals surface area contributed by atoms with Crippen molar-refractivity contribution in [1.82, 2.24) is 5.32 Å². The van der Waals surface area contributed by atoms with E-state index in [0.717, 1.165) is 0 Å². The molecule has 0 rings (SSSR count). The summed E-state index contributed by atoms with van der Waals surface area (Å²) in [5.41, 5.74) is -0.506. The van der Waals surface area contributed by atoms with Crippen molar-refractivity contribution >= 4 is 17.7 Å². The number of rotatable bonds is 8. The fraction of sp³-hybridized carbons (Fsp3) is 0.812. The minimum atomic E-state index is -0.506. The Morgan fingerprint density at radius 2 is 1.57 bits per heavy atom. The molecule has 0 saturated carbocycles. The van der Waals surface area contributed by atoms with Crippen LogP contribution in [0.15, 0.2) is 0 Å². The van der Waals surface area contributed by atoms with Crippen LogP contribution in [-0.2, 0) is 19.1 Å². The Morgan fingerprint density at radius 3 is 1.95 bits per heavy atom. The van der Waals surface area contributed by atoms with Crippen LogP contribution in [0.5, 0.6) is 0 Å². The first-order chi connectivity index (χ1) is 9.44. The summed E-state index contributed by atoms with van der Waals surface area (Å²) in [7, 11) is 0. The van der Waals surface area contributed by atoms with Crippen LogP contribution in [0.2, 0.25) is 0 Å². The van der Waals surface area contributed by atoms with Crippen molar-refractivity contribution in [1.29, 1.82) is 0 Å². The van der Waals surface area contributed by atoms with Gasteiger partial charge in [-0.2, -0.15) is 0 Å². The summed E-state index contributed by atoms with van der Waals surface area (Å²) in [4.78, 5) is 35.2. The first-order valence-corrected chi connectivity index (χ1v) is 7.44. The zero-order valence-electron chi connectivity index (χ0n) is 14.3. The van der Waals surface area contributed by atoms with E-state index in [-0.39, 0.29) is 42.5 Å². The third kappa shape index (κ3) is 8.48. The number of carbonyl (C=O) groups is 3. The molecule has 0 aliphatic heterocycles. The van der Waals surface area contributed by atoms with E-state index in [4.69, 9.17) is 4.74 Å². The molecule has 5 heteroatoms. The number of Topliss-reactive ketones (excluding diaryl/α,β-unsaturated/α-hetero) is 1. The average Bonchev–Trinajstić information content (AvgIpc) is 2.21. The molecule has 0 aromatic carbocycles. The van der Waals surface area contributed by atoms with Gasteiger partial charge in [0.1, 0.15) is 0 Å². The summed E-state index contributed by atoms with van der Waals surface area (Å²) < 4.78 is 5.10. The van der Waals surface area contributed by atoms with Gasteiger partial charge in [-0.3, -0.25) is 14.4 Å². The van der Waals surface area contributed by atoms with Gasteiger partial charge in [-0.15, -0.1) is 0 Å². The lowest BCUT2D eigenvalue weighted by Crippen LogP contribution is -2.44. The van der Waals surface area contributed by atoms with Crippen LogP contribution in [-0.4, -0.2) is 29.8 Å². The smallest absolute Gasteiger partial charge is 0.306 e. The Bertz CT molecular complexity index is 386. The van der Waals surface area contributed by atoms with Crippen molar-refractivity contribution in [2.75, 3.05) is 0 Å². The molecule has 0 aliphatic rings. The van der Waals surface area contributed by atoms with Crippen molar-refractivity contribution < 1.29 is 19.1 Å². The van der Waals surface area contributed by atoms with E-state index in [1.54, 1.807) is 13.8 Å². The summed E-state index contributed by atoms with van der Waals surface area (Å²) in [5, 5.41) is 2.75. The fourth-order valence-corrected chi connectivity index (χ4v) is 2.15. The van der Waals surface area contributed by atoms with E-state index in [1.165, 1.54) is 6.92 Å². The molecule has 0 fully saturated rings. The van der Waals surface area contributed by atoms with Gasteiger partial charge in [0.05, 0.1) is 18.6 Å². The SMILES string of the molecule is CC(=O)C(NC(=O)CC(C)(C)CC(=O)OC(C)C)C(C)C. The standard InChI is InChI=1S/C16H29NO4/c1-10(2)15(12(5)18)17-13(19)8-16(6,7)9-14(20)21-11(3)4/h10-11,15H,8-9H2,1-7H3,(H,17,19). The number of hydrogen-bond donors (Lipinski definition) is 1. The zero-order chi connectivity index (χ0) is 16.8. The Morgan fingerprint density at radius 1 is 1.05 bits per heavy atom. The Kier molecular flexibility index (Phi) is 7.61. The molecule has 1 amide bonds. The van der Waals surface area contributed by atoms with Crippen molar-refractivity contribution in [3.05, 3.63) is 0 Å². The molecule has 1 atom stereocenters. The first-order valence-electron chi connectivity index (χ1n) is 7.44. The second kappa shape index (κ2) is 8.15. The molecule has 5 nitrogen and oxygen atoms in total. The van der Waals surface area contributed by atoms with Crippen LogP contribution in [0, 0.1) is 11.3 Å². The summed E-state index contributed by atoms with van der Waals surface area (Å²) in [6.07, 6.45) is 0.187. The Balaban J connectivity index is 4.53. The molecule has 0 aromatic rings. The topological polar surface area (TPSA) is 72.5 Å². The van der Waals surface area contributed by atoms with Crippen molar-refractivity contribution in [3.8, 4) is 0 Å². The third-order valence-electron chi connectivity index (χ3n) is 3.05. The number of esters is 1. The molecular weight excluding hydrogens is 270 g/mol. The molecule has 0 saturated heterocycles. The third-order valence-corrected chi connectivity index (χ3v) is 3.05. The highest BCUT2D eigenvalue weighted by Crippen LogP contribution is 2.26. The van der Waals surface area contributed by atoms with Crippen LogP contribution in [0.1, 0.15) is 61.3 Å². The second-order valence-corrected chi connectivity index (χ2v) is 6.96. The lowest BCUT2D eigenvalue weighted by atomic mass is 9.85. The molecular formula is C16H29NO4. The van der Waals surface area contributed by atoms with Gasteiger partial charge in [-0.1, -0.05) is 27.7 Å². The van der Waals surface area contributed by atoms with E-state index < -0.39 is 11.5 Å². The fourth-order valence-electron chi connectivity index (χ4n) is 2.15. The highest BCUT2D eigenvalue weighted by molar-refractivity contribution is 5.88. The van der Waals surface area contributed by atoms with Gasteiger partial charge >= 0.3 is 5.97 Å². The minimum absolute atomic E-state index is 0.0421. The van der Waals surface area contributed by atoms with E-state index in [9.17, 15) is 14.4 Å². The number of ether oxygens (including phenoxy) is 1. The second-order valence-electron chi connectivity index (χ2n) is 6.96. The molecule has 1 unspecified atom stereocenters. The van der Waals surface area contributed by atoms with Gasteiger partial charge in [-0.05, 0) is 32.1 Å². The molecule has 0 bridgehead atoms. The molecule has 0 aromatic heterocycles. The Hall–Kier alpha value is -1.39. The largest absolute Gasteiger partial charge is 0.463 e. The van der Waals surface area contributed by atoms with Crippen LogP contribution >= 0.6 is 0 Å². The predicted molar refractivity (Wildman–Crippen MR) is 81.7 cm³/mol. The van der Waals surface area contributed by atoms with Crippen LogP contribution in [0.25, 0.3) is 0 Å². The van der Waals surface area contributed by atoms with Crippen molar-refractivity contribution in [3.63, 3.8) is 0 Å². The van der Waals surface area contributed by atoms with Crippen molar-refractivity contribution in [2.45, 2.75) is 73.5 Å². The maximum atomic E-state index is 12.1. The van der Waals surface area contributed by atoms with Crippen molar-refractivity contribution in [2.24, 2.45) is 11.3 Å². The molecule has 1 N–H and O–H groups in total. The number of hydrogen-bond acceptors (Lipinski definition) is 4. The highest BCUT2D eigenvalue weighted by atomic mass is 16.5. The van der Waals surface area contributed by atoms with Crippen LogP contribution in [0.4, 0.5) is 0 Å². The number of carbonyl (C=O) groups excluding carboxylic acids is 3. The van der Waals surface area contributed by atoms with E-state index in [2.05, 4.69) is 5.32 Å². The number of amides is 1. The van der Waals surface area contributed by atoms with E-state index in [1.807, 2.05) is 27.7 Å². The molecule has 0 spiro atoms. The van der Waals surface area contributed by atoms with Gasteiger partial charge in [-0.25, -0.2) is 0 Å². The zero-order valence-corrected chi connectivity index (χ0v) is 14.3. The van der Waals surface area contributed by atoms with E-state index >= 15 is 0 Å². The summed E-state index contributed by atoms with van der Waals surface area (Å²) in [5.74, 6) is -0.545. The molecule has 0 radical (unpaired) electrons. The molecule has 21 heavy (non-hydrogen) atoms. The van der Waals surface area contributed by atoms with E-state index in [0.29, 0.717) is 0 Å². The van der Waals surface area contributed by atoms with Gasteiger partial charge in [0, 0.05) is 6.42 Å². The molecule has 0 heterocycles. The maximum Gasteiger partial charge on any atom is 0.306 e.